The average Bonchev–Trinajstić information content (AvgIpc) is 2.60. The van der Waals surface area contributed by atoms with Crippen LogP contribution in [0.25, 0.3) is 0 Å². The third kappa shape index (κ3) is 4.69. The van der Waals surface area contributed by atoms with Gasteiger partial charge in [0.15, 0.2) is 5.78 Å². The highest BCUT2D eigenvalue weighted by atomic mass is 16.5. The SMILES string of the molecule is COc1ccc(C)cc1N(CC(=O)Nc1ccc(C(C)=O)cc1)C(C)=O. The van der Waals surface area contributed by atoms with Crippen molar-refractivity contribution in [3.05, 3.63) is 53.6 Å². The number of nitrogens with zero attached hydrogens (tertiary/aromatic N) is 1. The first-order valence-electron chi connectivity index (χ1n) is 8.15. The number of rotatable bonds is 6. The summed E-state index contributed by atoms with van der Waals surface area (Å²) >= 11 is 0. The van der Waals surface area contributed by atoms with Crippen molar-refractivity contribution in [2.45, 2.75) is 20.8 Å². The van der Waals surface area contributed by atoms with Gasteiger partial charge in [-0.1, -0.05) is 6.07 Å². The predicted octanol–water partition coefficient (Wildman–Crippen LogP) is 3.20. The molecule has 0 heterocycles. The topological polar surface area (TPSA) is 75.7 Å². The molecule has 0 spiro atoms. The Morgan fingerprint density at radius 2 is 1.69 bits per heavy atom. The van der Waals surface area contributed by atoms with Crippen molar-refractivity contribution in [3.8, 4) is 5.75 Å². The van der Waals surface area contributed by atoms with Gasteiger partial charge in [-0.2, -0.15) is 0 Å². The molecule has 0 aliphatic rings. The van der Waals surface area contributed by atoms with Gasteiger partial charge in [0, 0.05) is 18.2 Å². The summed E-state index contributed by atoms with van der Waals surface area (Å²) in [5, 5.41) is 2.73. The lowest BCUT2D eigenvalue weighted by molar-refractivity contribution is -0.120. The van der Waals surface area contributed by atoms with Crippen LogP contribution >= 0.6 is 0 Å². The number of anilines is 2. The summed E-state index contributed by atoms with van der Waals surface area (Å²) in [6.07, 6.45) is 0. The fraction of sp³-hybridized carbons (Fsp3) is 0.250. The fourth-order valence-electron chi connectivity index (χ4n) is 2.51. The molecule has 0 atom stereocenters. The van der Waals surface area contributed by atoms with Crippen LogP contribution in [0.1, 0.15) is 29.8 Å². The van der Waals surface area contributed by atoms with E-state index in [-0.39, 0.29) is 24.1 Å². The van der Waals surface area contributed by atoms with Gasteiger partial charge in [0.2, 0.25) is 11.8 Å². The van der Waals surface area contributed by atoms with E-state index >= 15 is 0 Å². The molecule has 1 N–H and O–H groups in total. The molecule has 2 rings (SSSR count). The molecule has 26 heavy (non-hydrogen) atoms. The van der Waals surface area contributed by atoms with Crippen LogP contribution in [-0.2, 0) is 9.59 Å². The van der Waals surface area contributed by atoms with E-state index in [4.69, 9.17) is 4.74 Å². The number of hydrogen-bond acceptors (Lipinski definition) is 4. The quantitative estimate of drug-likeness (QED) is 0.808. The minimum Gasteiger partial charge on any atom is -0.495 e. The van der Waals surface area contributed by atoms with Gasteiger partial charge in [-0.3, -0.25) is 19.3 Å². The van der Waals surface area contributed by atoms with Crippen molar-refractivity contribution in [1.29, 1.82) is 0 Å². The lowest BCUT2D eigenvalue weighted by Gasteiger charge is -2.23. The minimum absolute atomic E-state index is 0.0443. The summed E-state index contributed by atoms with van der Waals surface area (Å²) < 4.78 is 5.31. The van der Waals surface area contributed by atoms with E-state index < -0.39 is 0 Å². The van der Waals surface area contributed by atoms with E-state index in [1.165, 1.54) is 25.9 Å². The molecule has 6 nitrogen and oxygen atoms in total. The number of hydrogen-bond donors (Lipinski definition) is 1. The highest BCUT2D eigenvalue weighted by Gasteiger charge is 2.19. The summed E-state index contributed by atoms with van der Waals surface area (Å²) in [6.45, 7) is 4.63. The van der Waals surface area contributed by atoms with E-state index in [0.29, 0.717) is 22.7 Å². The van der Waals surface area contributed by atoms with Crippen LogP contribution in [0.15, 0.2) is 42.5 Å². The number of ketones is 1. The van der Waals surface area contributed by atoms with Crippen LogP contribution < -0.4 is 15.0 Å². The van der Waals surface area contributed by atoms with Gasteiger partial charge in [-0.15, -0.1) is 0 Å². The number of carbonyl (C=O) groups excluding carboxylic acids is 3. The molecule has 2 amide bonds. The summed E-state index contributed by atoms with van der Waals surface area (Å²) in [5.74, 6) is -0.142. The summed E-state index contributed by atoms with van der Waals surface area (Å²) in [5.41, 5.74) is 2.62. The second-order valence-electron chi connectivity index (χ2n) is 5.96. The lowest BCUT2D eigenvalue weighted by atomic mass is 10.1. The van der Waals surface area contributed by atoms with Crippen molar-refractivity contribution in [2.75, 3.05) is 23.9 Å². The highest BCUT2D eigenvalue weighted by Crippen LogP contribution is 2.29. The molecule has 0 fully saturated rings. The van der Waals surface area contributed by atoms with E-state index in [2.05, 4.69) is 5.32 Å². The molecule has 0 bridgehead atoms. The zero-order valence-electron chi connectivity index (χ0n) is 15.3. The number of benzene rings is 2. The Balaban J connectivity index is 2.17. The molecule has 0 aliphatic heterocycles. The Morgan fingerprint density at radius 3 is 2.23 bits per heavy atom. The van der Waals surface area contributed by atoms with Crippen LogP contribution in [0.5, 0.6) is 5.75 Å². The minimum atomic E-state index is -0.348. The van der Waals surface area contributed by atoms with Gasteiger partial charge < -0.3 is 10.1 Å². The standard InChI is InChI=1S/C20H22N2O4/c1-13-5-10-19(26-4)18(11-13)22(15(3)24)12-20(25)21-17-8-6-16(7-9-17)14(2)23/h5-11H,12H2,1-4H3,(H,21,25). The fourth-order valence-corrected chi connectivity index (χ4v) is 2.51. The van der Waals surface area contributed by atoms with E-state index in [9.17, 15) is 14.4 Å². The van der Waals surface area contributed by atoms with E-state index in [1.807, 2.05) is 13.0 Å². The molecular weight excluding hydrogens is 332 g/mol. The zero-order valence-corrected chi connectivity index (χ0v) is 15.3. The molecule has 6 heteroatoms. The van der Waals surface area contributed by atoms with Crippen LogP contribution in [0.2, 0.25) is 0 Å². The molecule has 0 aromatic heterocycles. The summed E-state index contributed by atoms with van der Waals surface area (Å²) in [6, 6.07) is 12.0. The van der Waals surface area contributed by atoms with Crippen molar-refractivity contribution < 1.29 is 19.1 Å². The maximum Gasteiger partial charge on any atom is 0.244 e. The first-order chi connectivity index (χ1) is 12.3. The van der Waals surface area contributed by atoms with Crippen molar-refractivity contribution in [3.63, 3.8) is 0 Å². The van der Waals surface area contributed by atoms with Gasteiger partial charge in [0.05, 0.1) is 12.8 Å². The van der Waals surface area contributed by atoms with Gasteiger partial charge in [0.25, 0.3) is 0 Å². The van der Waals surface area contributed by atoms with Gasteiger partial charge in [-0.25, -0.2) is 0 Å². The van der Waals surface area contributed by atoms with Crippen molar-refractivity contribution in [1.82, 2.24) is 0 Å². The third-order valence-corrected chi connectivity index (χ3v) is 3.88. The Bertz CT molecular complexity index is 828. The normalized spacial score (nSPS) is 10.2. The predicted molar refractivity (Wildman–Crippen MR) is 101 cm³/mol. The van der Waals surface area contributed by atoms with Gasteiger partial charge >= 0.3 is 0 Å². The van der Waals surface area contributed by atoms with Crippen LogP contribution in [0.3, 0.4) is 0 Å². The summed E-state index contributed by atoms with van der Waals surface area (Å²) in [7, 11) is 1.52. The molecule has 136 valence electrons. The second-order valence-corrected chi connectivity index (χ2v) is 5.96. The first-order valence-corrected chi connectivity index (χ1v) is 8.15. The number of Topliss-reactive ketones (excluding diaryl/α,β-unsaturated/α-hetero) is 1. The largest absolute Gasteiger partial charge is 0.495 e. The number of nitrogens with one attached hydrogen (secondary N) is 1. The molecule has 0 radical (unpaired) electrons. The zero-order chi connectivity index (χ0) is 19.3. The average molecular weight is 354 g/mol. The Labute approximate surface area is 152 Å². The monoisotopic (exact) mass is 354 g/mol. The maximum absolute atomic E-state index is 12.4. The molecule has 0 saturated heterocycles. The third-order valence-electron chi connectivity index (χ3n) is 3.88. The van der Waals surface area contributed by atoms with Crippen LogP contribution in [0, 0.1) is 6.92 Å². The smallest absolute Gasteiger partial charge is 0.244 e. The van der Waals surface area contributed by atoms with Gasteiger partial charge in [-0.05, 0) is 55.8 Å². The lowest BCUT2D eigenvalue weighted by Crippen LogP contribution is -2.37. The number of ether oxygens (including phenoxy) is 1. The van der Waals surface area contributed by atoms with Crippen LogP contribution in [-0.4, -0.2) is 31.3 Å². The van der Waals surface area contributed by atoms with Crippen molar-refractivity contribution >= 4 is 29.0 Å². The Kier molecular flexibility index (Phi) is 6.11. The Morgan fingerprint density at radius 1 is 1.04 bits per heavy atom. The number of carbonyl (C=O) groups is 3. The molecular formula is C20H22N2O4. The molecule has 2 aromatic rings. The number of aryl methyl sites for hydroxylation is 1. The molecule has 0 saturated carbocycles. The molecule has 0 unspecified atom stereocenters. The first kappa shape index (κ1) is 19.2. The maximum atomic E-state index is 12.4. The Hall–Kier alpha value is -3.15. The van der Waals surface area contributed by atoms with Crippen LogP contribution in [0.4, 0.5) is 11.4 Å². The molecule has 2 aromatic carbocycles. The highest BCUT2D eigenvalue weighted by molar-refractivity contribution is 6.03. The molecule has 0 aliphatic carbocycles. The number of methoxy groups -OCH3 is 1. The van der Waals surface area contributed by atoms with E-state index in [0.717, 1.165) is 5.56 Å². The van der Waals surface area contributed by atoms with E-state index in [1.54, 1.807) is 36.4 Å². The van der Waals surface area contributed by atoms with Crippen molar-refractivity contribution in [2.24, 2.45) is 0 Å². The number of amides is 2. The summed E-state index contributed by atoms with van der Waals surface area (Å²) in [4.78, 5) is 37.1. The van der Waals surface area contributed by atoms with Gasteiger partial charge in [0.1, 0.15) is 12.3 Å². The second kappa shape index (κ2) is 8.29.